The molecule has 26 heavy (non-hydrogen) atoms. The van der Waals surface area contributed by atoms with E-state index < -0.39 is 18.0 Å². The number of phenols is 1. The van der Waals surface area contributed by atoms with Crippen LogP contribution < -0.4 is 24.4 Å². The molecule has 1 saturated heterocycles. The minimum atomic E-state index is -0.946. The number of imide groups is 1. The van der Waals surface area contributed by atoms with Crippen molar-refractivity contribution in [1.29, 1.82) is 0 Å². The Labute approximate surface area is 149 Å². The minimum Gasteiger partial charge on any atom is -0.508 e. The molecular formula is C18H18N2O6. The van der Waals surface area contributed by atoms with Crippen LogP contribution in [0.1, 0.15) is 11.6 Å². The number of nitrogens with one attached hydrogen (secondary N) is 1. The number of hydrogen-bond acceptors (Lipinski definition) is 6. The summed E-state index contributed by atoms with van der Waals surface area (Å²) in [7, 11) is 4.41. The van der Waals surface area contributed by atoms with E-state index in [9.17, 15) is 14.7 Å². The van der Waals surface area contributed by atoms with Gasteiger partial charge < -0.3 is 19.3 Å². The average molecular weight is 358 g/mol. The van der Waals surface area contributed by atoms with Crippen molar-refractivity contribution in [3.05, 3.63) is 42.0 Å². The van der Waals surface area contributed by atoms with Gasteiger partial charge in [0.2, 0.25) is 5.75 Å². The van der Waals surface area contributed by atoms with Gasteiger partial charge in [-0.25, -0.2) is 4.79 Å². The highest BCUT2D eigenvalue weighted by Gasteiger charge is 2.41. The quantitative estimate of drug-likeness (QED) is 0.796. The summed E-state index contributed by atoms with van der Waals surface area (Å²) < 4.78 is 15.9. The fraction of sp³-hybridized carbons (Fsp3) is 0.222. The number of methoxy groups -OCH3 is 3. The van der Waals surface area contributed by atoms with E-state index in [1.807, 2.05) is 0 Å². The van der Waals surface area contributed by atoms with E-state index in [0.717, 1.165) is 0 Å². The maximum absolute atomic E-state index is 12.5. The molecule has 0 bridgehead atoms. The molecule has 3 amide bonds. The Morgan fingerprint density at radius 2 is 1.65 bits per heavy atom. The van der Waals surface area contributed by atoms with Crippen LogP contribution in [0.3, 0.4) is 0 Å². The first kappa shape index (κ1) is 17.4. The summed E-state index contributed by atoms with van der Waals surface area (Å²) in [6, 6.07) is 7.80. The summed E-state index contributed by atoms with van der Waals surface area (Å²) in [5.41, 5.74) is 0.860. The lowest BCUT2D eigenvalue weighted by molar-refractivity contribution is -0.119. The van der Waals surface area contributed by atoms with E-state index in [-0.39, 0.29) is 5.75 Å². The molecule has 1 aliphatic heterocycles. The first-order valence-electron chi connectivity index (χ1n) is 7.73. The second-order valence-electron chi connectivity index (χ2n) is 5.55. The summed E-state index contributed by atoms with van der Waals surface area (Å²) in [5.74, 6) is 0.605. The first-order valence-corrected chi connectivity index (χ1v) is 7.73. The molecule has 2 N–H and O–H groups in total. The Hall–Kier alpha value is -3.42. The zero-order valence-electron chi connectivity index (χ0n) is 14.5. The Morgan fingerprint density at radius 3 is 2.19 bits per heavy atom. The number of ether oxygens (including phenoxy) is 3. The number of nitrogens with zero attached hydrogens (tertiary/aromatic N) is 1. The first-order chi connectivity index (χ1) is 12.5. The number of aromatic hydroxyl groups is 1. The molecular weight excluding hydrogens is 340 g/mol. The van der Waals surface area contributed by atoms with Gasteiger partial charge in [0.25, 0.3) is 5.91 Å². The van der Waals surface area contributed by atoms with E-state index in [1.54, 1.807) is 24.3 Å². The highest BCUT2D eigenvalue weighted by atomic mass is 16.5. The molecule has 3 rings (SSSR count). The van der Waals surface area contributed by atoms with E-state index >= 15 is 0 Å². The zero-order valence-corrected chi connectivity index (χ0v) is 14.5. The van der Waals surface area contributed by atoms with Gasteiger partial charge in [0, 0.05) is 6.07 Å². The van der Waals surface area contributed by atoms with Crippen molar-refractivity contribution in [2.24, 2.45) is 0 Å². The molecule has 1 aliphatic rings. The van der Waals surface area contributed by atoms with Crippen LogP contribution in [0.25, 0.3) is 0 Å². The zero-order chi connectivity index (χ0) is 18.8. The number of phenolic OH excluding ortho intramolecular Hbond substituents is 1. The maximum Gasteiger partial charge on any atom is 0.329 e. The van der Waals surface area contributed by atoms with Crippen LogP contribution in [0.2, 0.25) is 0 Å². The van der Waals surface area contributed by atoms with Crippen LogP contribution in [-0.2, 0) is 4.79 Å². The fourth-order valence-corrected chi connectivity index (χ4v) is 2.94. The van der Waals surface area contributed by atoms with E-state index in [1.165, 1.54) is 38.4 Å². The van der Waals surface area contributed by atoms with Gasteiger partial charge in [0.15, 0.2) is 11.5 Å². The maximum atomic E-state index is 12.5. The van der Waals surface area contributed by atoms with Gasteiger partial charge in [-0.2, -0.15) is 0 Å². The second kappa shape index (κ2) is 6.83. The molecule has 0 saturated carbocycles. The molecule has 0 aromatic heterocycles. The largest absolute Gasteiger partial charge is 0.508 e. The molecule has 2 aromatic carbocycles. The highest BCUT2D eigenvalue weighted by molar-refractivity contribution is 6.14. The third kappa shape index (κ3) is 2.85. The second-order valence-corrected chi connectivity index (χ2v) is 5.55. The smallest absolute Gasteiger partial charge is 0.329 e. The molecule has 1 heterocycles. The van der Waals surface area contributed by atoms with Gasteiger partial charge in [-0.1, -0.05) is 6.07 Å². The van der Waals surface area contributed by atoms with Crippen LogP contribution >= 0.6 is 0 Å². The van der Waals surface area contributed by atoms with Gasteiger partial charge >= 0.3 is 6.03 Å². The van der Waals surface area contributed by atoms with Crippen molar-refractivity contribution in [3.63, 3.8) is 0 Å². The van der Waals surface area contributed by atoms with Crippen molar-refractivity contribution in [1.82, 2.24) is 5.32 Å². The number of carbonyl (C=O) groups is 2. The Morgan fingerprint density at radius 1 is 1.00 bits per heavy atom. The van der Waals surface area contributed by atoms with Gasteiger partial charge in [-0.3, -0.25) is 15.0 Å². The van der Waals surface area contributed by atoms with Crippen LogP contribution in [-0.4, -0.2) is 38.4 Å². The number of anilines is 1. The van der Waals surface area contributed by atoms with Crippen molar-refractivity contribution in [2.45, 2.75) is 6.04 Å². The predicted molar refractivity (Wildman–Crippen MR) is 93.0 cm³/mol. The normalized spacial score (nSPS) is 16.4. The number of amides is 3. The van der Waals surface area contributed by atoms with Gasteiger partial charge in [-0.15, -0.1) is 0 Å². The molecule has 0 radical (unpaired) electrons. The Kier molecular flexibility index (Phi) is 4.57. The molecule has 136 valence electrons. The van der Waals surface area contributed by atoms with Gasteiger partial charge in [-0.05, 0) is 29.8 Å². The van der Waals surface area contributed by atoms with Crippen LogP contribution in [0.4, 0.5) is 10.5 Å². The van der Waals surface area contributed by atoms with E-state index in [4.69, 9.17) is 14.2 Å². The predicted octanol–water partition coefficient (Wildman–Crippen LogP) is 2.22. The van der Waals surface area contributed by atoms with Gasteiger partial charge in [0.1, 0.15) is 11.8 Å². The monoisotopic (exact) mass is 358 g/mol. The topological polar surface area (TPSA) is 97.3 Å². The highest BCUT2D eigenvalue weighted by Crippen LogP contribution is 2.42. The number of hydrogen-bond donors (Lipinski definition) is 2. The number of rotatable bonds is 5. The lowest BCUT2D eigenvalue weighted by Crippen LogP contribution is -2.29. The van der Waals surface area contributed by atoms with Crippen LogP contribution in [0.15, 0.2) is 36.4 Å². The van der Waals surface area contributed by atoms with E-state index in [2.05, 4.69) is 5.32 Å². The van der Waals surface area contributed by atoms with Gasteiger partial charge in [0.05, 0.1) is 27.0 Å². The summed E-state index contributed by atoms with van der Waals surface area (Å²) >= 11 is 0. The average Bonchev–Trinajstić information content (AvgIpc) is 2.94. The Balaban J connectivity index is 2.14. The summed E-state index contributed by atoms with van der Waals surface area (Å²) in [6.45, 7) is 0. The van der Waals surface area contributed by atoms with Crippen molar-refractivity contribution in [2.75, 3.05) is 26.2 Å². The van der Waals surface area contributed by atoms with Crippen molar-refractivity contribution in [3.8, 4) is 23.0 Å². The van der Waals surface area contributed by atoms with Crippen LogP contribution in [0.5, 0.6) is 23.0 Å². The van der Waals surface area contributed by atoms with E-state index in [0.29, 0.717) is 28.5 Å². The number of carbonyl (C=O) groups excluding carboxylic acids is 2. The third-order valence-electron chi connectivity index (χ3n) is 4.07. The molecule has 0 aliphatic carbocycles. The van der Waals surface area contributed by atoms with Crippen LogP contribution in [0, 0.1) is 0 Å². The lowest BCUT2D eigenvalue weighted by Gasteiger charge is -2.23. The molecule has 8 heteroatoms. The molecule has 0 spiro atoms. The standard InChI is InChI=1S/C18H18N2O6/c1-24-13-7-10(8-14(25-2)16(13)26-3)15-17(22)19-18(23)20(15)11-5-4-6-12(21)9-11/h4-9,15,21H,1-3H3,(H,19,22,23). The molecule has 1 fully saturated rings. The molecule has 1 atom stereocenters. The van der Waals surface area contributed by atoms with Crippen molar-refractivity contribution >= 4 is 17.6 Å². The molecule has 8 nitrogen and oxygen atoms in total. The summed E-state index contributed by atoms with van der Waals surface area (Å²) in [4.78, 5) is 26.1. The Bertz CT molecular complexity index is 842. The molecule has 1 unspecified atom stereocenters. The number of urea groups is 1. The third-order valence-corrected chi connectivity index (χ3v) is 4.07. The lowest BCUT2D eigenvalue weighted by atomic mass is 10.0. The van der Waals surface area contributed by atoms with Crippen molar-refractivity contribution < 1.29 is 28.9 Å². The fourth-order valence-electron chi connectivity index (χ4n) is 2.94. The summed E-state index contributed by atoms with van der Waals surface area (Å²) in [6.07, 6.45) is 0. The SMILES string of the molecule is COc1cc(C2C(=O)NC(=O)N2c2cccc(O)c2)cc(OC)c1OC. The summed E-state index contributed by atoms with van der Waals surface area (Å²) in [5, 5.41) is 12.0. The number of benzene rings is 2. The minimum absolute atomic E-state index is 0.0155. The molecule has 2 aromatic rings.